The van der Waals surface area contributed by atoms with Gasteiger partial charge < -0.3 is 10.2 Å². The molecule has 0 atom stereocenters. The standard InChI is InChI=1S/C14H23F3N4/c1-9-10(18-5)19-12(13(2,3)4)20-11(9)21(6)8-7-14(15,16)17/h7-8H2,1-6H3,(H,18,19,20). The Morgan fingerprint density at radius 1 is 1.14 bits per heavy atom. The van der Waals surface area contributed by atoms with Crippen molar-refractivity contribution in [1.29, 1.82) is 0 Å². The quantitative estimate of drug-likeness (QED) is 0.924. The molecule has 120 valence electrons. The molecular weight excluding hydrogens is 281 g/mol. The third-order valence-electron chi connectivity index (χ3n) is 3.12. The second kappa shape index (κ2) is 6.07. The zero-order chi connectivity index (χ0) is 16.4. The fourth-order valence-electron chi connectivity index (χ4n) is 1.86. The van der Waals surface area contributed by atoms with Gasteiger partial charge in [0.15, 0.2) is 0 Å². The summed E-state index contributed by atoms with van der Waals surface area (Å²) in [5.74, 6) is 1.78. The molecule has 0 unspecified atom stereocenters. The average Bonchev–Trinajstić information content (AvgIpc) is 2.34. The van der Waals surface area contributed by atoms with Gasteiger partial charge in [0, 0.05) is 31.6 Å². The molecule has 1 heterocycles. The summed E-state index contributed by atoms with van der Waals surface area (Å²) in [6, 6.07) is 0. The van der Waals surface area contributed by atoms with Crippen molar-refractivity contribution in [2.24, 2.45) is 0 Å². The van der Waals surface area contributed by atoms with Gasteiger partial charge in [-0.25, -0.2) is 9.97 Å². The molecule has 0 aromatic carbocycles. The Kier molecular flexibility index (Phi) is 5.07. The first-order valence-corrected chi connectivity index (χ1v) is 6.80. The average molecular weight is 304 g/mol. The van der Waals surface area contributed by atoms with E-state index in [1.165, 1.54) is 4.90 Å². The molecule has 0 aliphatic heterocycles. The van der Waals surface area contributed by atoms with E-state index in [1.807, 2.05) is 20.8 Å². The first-order valence-electron chi connectivity index (χ1n) is 6.80. The van der Waals surface area contributed by atoms with Crippen molar-refractivity contribution in [2.75, 3.05) is 30.9 Å². The first-order chi connectivity index (χ1) is 9.45. The van der Waals surface area contributed by atoms with Crippen molar-refractivity contribution in [3.8, 4) is 0 Å². The molecule has 0 bridgehead atoms. The van der Waals surface area contributed by atoms with E-state index in [0.717, 1.165) is 5.56 Å². The highest BCUT2D eigenvalue weighted by Crippen LogP contribution is 2.29. The fraction of sp³-hybridized carbons (Fsp3) is 0.714. The van der Waals surface area contributed by atoms with Crippen molar-refractivity contribution in [2.45, 2.75) is 45.7 Å². The summed E-state index contributed by atoms with van der Waals surface area (Å²) in [4.78, 5) is 10.4. The van der Waals surface area contributed by atoms with E-state index in [2.05, 4.69) is 15.3 Å². The number of rotatable bonds is 4. The zero-order valence-electron chi connectivity index (χ0n) is 13.4. The summed E-state index contributed by atoms with van der Waals surface area (Å²) >= 11 is 0. The molecule has 0 saturated heterocycles. The Balaban J connectivity index is 3.15. The summed E-state index contributed by atoms with van der Waals surface area (Å²) in [7, 11) is 3.36. The topological polar surface area (TPSA) is 41.1 Å². The summed E-state index contributed by atoms with van der Waals surface area (Å²) in [6.45, 7) is 7.58. The van der Waals surface area contributed by atoms with Gasteiger partial charge in [-0.05, 0) is 6.92 Å². The number of alkyl halides is 3. The molecule has 0 amide bonds. The fourth-order valence-corrected chi connectivity index (χ4v) is 1.86. The van der Waals surface area contributed by atoms with Gasteiger partial charge in [0.2, 0.25) is 0 Å². The van der Waals surface area contributed by atoms with Crippen molar-refractivity contribution in [3.63, 3.8) is 0 Å². The van der Waals surface area contributed by atoms with Crippen molar-refractivity contribution in [3.05, 3.63) is 11.4 Å². The van der Waals surface area contributed by atoms with Gasteiger partial charge in [-0.15, -0.1) is 0 Å². The lowest BCUT2D eigenvalue weighted by atomic mass is 9.95. The van der Waals surface area contributed by atoms with Crippen LogP contribution in [0.25, 0.3) is 0 Å². The number of nitrogens with zero attached hydrogens (tertiary/aromatic N) is 3. The number of anilines is 2. The van der Waals surface area contributed by atoms with Gasteiger partial charge in [0.05, 0.1) is 6.42 Å². The van der Waals surface area contributed by atoms with Crippen molar-refractivity contribution >= 4 is 11.6 Å². The number of hydrogen-bond acceptors (Lipinski definition) is 4. The van der Waals surface area contributed by atoms with Crippen LogP contribution in [0.2, 0.25) is 0 Å². The van der Waals surface area contributed by atoms with Crippen LogP contribution in [0.3, 0.4) is 0 Å². The highest BCUT2D eigenvalue weighted by molar-refractivity contribution is 5.58. The summed E-state index contributed by atoms with van der Waals surface area (Å²) in [5, 5.41) is 2.98. The Hall–Kier alpha value is -1.53. The van der Waals surface area contributed by atoms with Crippen LogP contribution in [-0.4, -0.2) is 36.8 Å². The molecule has 1 N–H and O–H groups in total. The van der Waals surface area contributed by atoms with Gasteiger partial charge in [0.1, 0.15) is 17.5 Å². The molecule has 7 heteroatoms. The lowest BCUT2D eigenvalue weighted by molar-refractivity contribution is -0.132. The molecule has 0 aliphatic carbocycles. The van der Waals surface area contributed by atoms with Crippen LogP contribution in [-0.2, 0) is 5.41 Å². The monoisotopic (exact) mass is 304 g/mol. The van der Waals surface area contributed by atoms with E-state index in [1.54, 1.807) is 21.0 Å². The van der Waals surface area contributed by atoms with Crippen molar-refractivity contribution in [1.82, 2.24) is 9.97 Å². The Morgan fingerprint density at radius 2 is 1.71 bits per heavy atom. The van der Waals surface area contributed by atoms with Crippen LogP contribution in [0, 0.1) is 6.92 Å². The van der Waals surface area contributed by atoms with Crippen LogP contribution in [0.1, 0.15) is 38.6 Å². The molecule has 1 aromatic rings. The molecule has 0 fully saturated rings. The summed E-state index contributed by atoms with van der Waals surface area (Å²) in [6.07, 6.45) is -5.04. The number of halogens is 3. The predicted octanol–water partition coefficient (Wildman–Crippen LogP) is 3.51. The Morgan fingerprint density at radius 3 is 2.14 bits per heavy atom. The van der Waals surface area contributed by atoms with Crippen molar-refractivity contribution < 1.29 is 13.2 Å². The minimum atomic E-state index is -4.17. The maximum atomic E-state index is 12.4. The van der Waals surface area contributed by atoms with Crippen LogP contribution in [0.15, 0.2) is 0 Å². The largest absolute Gasteiger partial charge is 0.390 e. The molecule has 0 radical (unpaired) electrons. The normalized spacial score (nSPS) is 12.4. The molecule has 1 aromatic heterocycles. The van der Waals surface area contributed by atoms with Gasteiger partial charge in [-0.1, -0.05) is 20.8 Å². The summed E-state index contributed by atoms with van der Waals surface area (Å²) in [5.41, 5.74) is 0.467. The minimum Gasteiger partial charge on any atom is -0.373 e. The molecule has 0 aliphatic rings. The molecule has 0 spiro atoms. The van der Waals surface area contributed by atoms with E-state index in [0.29, 0.717) is 17.5 Å². The van der Waals surface area contributed by atoms with Gasteiger partial charge in [-0.3, -0.25) is 0 Å². The number of hydrogen-bond donors (Lipinski definition) is 1. The highest BCUT2D eigenvalue weighted by atomic mass is 19.4. The highest BCUT2D eigenvalue weighted by Gasteiger charge is 2.28. The second-order valence-corrected chi connectivity index (χ2v) is 6.13. The lowest BCUT2D eigenvalue weighted by Gasteiger charge is -2.25. The maximum absolute atomic E-state index is 12.4. The smallest absolute Gasteiger partial charge is 0.373 e. The molecule has 21 heavy (non-hydrogen) atoms. The predicted molar refractivity (Wildman–Crippen MR) is 79.0 cm³/mol. The maximum Gasteiger partial charge on any atom is 0.390 e. The van der Waals surface area contributed by atoms with Gasteiger partial charge in [0.25, 0.3) is 0 Å². The first kappa shape index (κ1) is 17.5. The molecule has 1 rings (SSSR count). The van der Waals surface area contributed by atoms with Gasteiger partial charge in [-0.2, -0.15) is 13.2 Å². The van der Waals surface area contributed by atoms with Crippen LogP contribution < -0.4 is 10.2 Å². The summed E-state index contributed by atoms with van der Waals surface area (Å²) < 4.78 is 37.1. The molecule has 4 nitrogen and oxygen atoms in total. The van der Waals surface area contributed by atoms with Crippen LogP contribution >= 0.6 is 0 Å². The third kappa shape index (κ3) is 4.75. The van der Waals surface area contributed by atoms with Crippen LogP contribution in [0.5, 0.6) is 0 Å². The SMILES string of the molecule is CNc1nc(C(C)(C)C)nc(N(C)CCC(F)(F)F)c1C. The number of aromatic nitrogens is 2. The van der Waals surface area contributed by atoms with E-state index >= 15 is 0 Å². The molecule has 0 saturated carbocycles. The lowest BCUT2D eigenvalue weighted by Crippen LogP contribution is -2.28. The molecular formula is C14H23F3N4. The Labute approximate surface area is 123 Å². The zero-order valence-corrected chi connectivity index (χ0v) is 13.4. The number of nitrogens with one attached hydrogen (secondary N) is 1. The minimum absolute atomic E-state index is 0.131. The Bertz CT molecular complexity index is 492. The van der Waals surface area contributed by atoms with Crippen LogP contribution in [0.4, 0.5) is 24.8 Å². The van der Waals surface area contributed by atoms with E-state index < -0.39 is 12.6 Å². The van der Waals surface area contributed by atoms with E-state index in [4.69, 9.17) is 0 Å². The van der Waals surface area contributed by atoms with Gasteiger partial charge >= 0.3 is 6.18 Å². The third-order valence-corrected chi connectivity index (χ3v) is 3.12. The second-order valence-electron chi connectivity index (χ2n) is 6.13. The van der Waals surface area contributed by atoms with E-state index in [-0.39, 0.29) is 12.0 Å². The van der Waals surface area contributed by atoms with E-state index in [9.17, 15) is 13.2 Å².